The van der Waals surface area contributed by atoms with Crippen LogP contribution in [0.4, 0.5) is 5.13 Å². The number of imidazole rings is 1. The number of ether oxygens (including phenoxy) is 1. The first-order chi connectivity index (χ1) is 15.7. The minimum atomic E-state index is -0.346. The van der Waals surface area contributed by atoms with Gasteiger partial charge in [0.25, 0.3) is 0 Å². The molecule has 0 bridgehead atoms. The monoisotopic (exact) mass is 450 g/mol. The molecular formula is C25H30N4O2S. The summed E-state index contributed by atoms with van der Waals surface area (Å²) in [5, 5.41) is 4.40. The Hall–Kier alpha value is -2.93. The van der Waals surface area contributed by atoms with Crippen molar-refractivity contribution in [3.63, 3.8) is 0 Å². The molecule has 0 atom stereocenters. The van der Waals surface area contributed by atoms with Crippen molar-refractivity contribution >= 4 is 43.7 Å². The van der Waals surface area contributed by atoms with Crippen LogP contribution in [-0.2, 0) is 11.3 Å². The van der Waals surface area contributed by atoms with E-state index in [9.17, 15) is 4.79 Å². The summed E-state index contributed by atoms with van der Waals surface area (Å²) >= 11 is 1.68. The van der Waals surface area contributed by atoms with Crippen LogP contribution >= 0.6 is 11.3 Å². The summed E-state index contributed by atoms with van der Waals surface area (Å²) in [4.78, 5) is 21.8. The van der Waals surface area contributed by atoms with E-state index in [0.717, 1.165) is 83.0 Å². The van der Waals surface area contributed by atoms with Gasteiger partial charge in [0, 0.05) is 18.7 Å². The molecule has 2 aromatic carbocycles. The van der Waals surface area contributed by atoms with Crippen molar-refractivity contribution in [2.24, 2.45) is 0 Å². The Labute approximate surface area is 192 Å². The molecule has 0 fully saturated rings. The molecule has 0 saturated heterocycles. The molecular weight excluding hydrogens is 420 g/mol. The number of esters is 1. The SMILES string of the molecule is CCCCCn1c(-c2cccc3nc(NCCCC)sc23)nc2cc(C(=O)OC)ccc21. The topological polar surface area (TPSA) is 69.0 Å². The van der Waals surface area contributed by atoms with E-state index in [2.05, 4.69) is 35.9 Å². The minimum Gasteiger partial charge on any atom is -0.465 e. The molecule has 168 valence electrons. The normalized spacial score (nSPS) is 11.3. The Balaban J connectivity index is 1.81. The van der Waals surface area contributed by atoms with Gasteiger partial charge in [-0.25, -0.2) is 14.8 Å². The first-order valence-corrected chi connectivity index (χ1v) is 12.2. The Morgan fingerprint density at radius 1 is 1.06 bits per heavy atom. The van der Waals surface area contributed by atoms with Gasteiger partial charge in [0.05, 0.1) is 33.9 Å². The number of nitrogens with one attached hydrogen (secondary N) is 1. The Bertz CT molecular complexity index is 1230. The fraction of sp³-hybridized carbons (Fsp3) is 0.400. The summed E-state index contributed by atoms with van der Waals surface area (Å²) in [5.41, 5.74) is 4.42. The van der Waals surface area contributed by atoms with Gasteiger partial charge in [-0.15, -0.1) is 0 Å². The highest BCUT2D eigenvalue weighted by Crippen LogP contribution is 2.36. The number of hydrogen-bond donors (Lipinski definition) is 1. The average molecular weight is 451 g/mol. The third kappa shape index (κ3) is 4.48. The predicted octanol–water partition coefficient (Wildman–Crippen LogP) is 6.50. The lowest BCUT2D eigenvalue weighted by atomic mass is 10.2. The van der Waals surface area contributed by atoms with Crippen molar-refractivity contribution in [1.82, 2.24) is 14.5 Å². The van der Waals surface area contributed by atoms with Gasteiger partial charge in [0.1, 0.15) is 5.82 Å². The molecule has 4 rings (SSSR count). The second-order valence-corrected chi connectivity index (χ2v) is 8.94. The van der Waals surface area contributed by atoms with Crippen molar-refractivity contribution < 1.29 is 9.53 Å². The Kier molecular flexibility index (Phi) is 7.05. The molecule has 1 N–H and O–H groups in total. The number of anilines is 1. The molecule has 6 nitrogen and oxygen atoms in total. The van der Waals surface area contributed by atoms with Crippen molar-refractivity contribution in [3.05, 3.63) is 42.0 Å². The summed E-state index contributed by atoms with van der Waals surface area (Å²) in [6, 6.07) is 11.8. The molecule has 0 amide bonds. The lowest BCUT2D eigenvalue weighted by Gasteiger charge is -2.10. The Morgan fingerprint density at radius 3 is 2.69 bits per heavy atom. The molecule has 32 heavy (non-hydrogen) atoms. The van der Waals surface area contributed by atoms with E-state index in [4.69, 9.17) is 14.7 Å². The van der Waals surface area contributed by atoms with Crippen LogP contribution in [0, 0.1) is 0 Å². The summed E-state index contributed by atoms with van der Waals surface area (Å²) in [6.45, 7) is 6.21. The van der Waals surface area contributed by atoms with Crippen molar-refractivity contribution in [3.8, 4) is 11.4 Å². The molecule has 0 spiro atoms. The number of carbonyl (C=O) groups is 1. The number of thiazole rings is 1. The number of benzene rings is 2. The van der Waals surface area contributed by atoms with E-state index >= 15 is 0 Å². The molecule has 7 heteroatoms. The number of rotatable bonds is 10. The van der Waals surface area contributed by atoms with Crippen LogP contribution in [0.15, 0.2) is 36.4 Å². The second-order valence-electron chi connectivity index (χ2n) is 7.94. The van der Waals surface area contributed by atoms with E-state index in [0.29, 0.717) is 5.56 Å². The molecule has 0 aliphatic rings. The maximum Gasteiger partial charge on any atom is 0.337 e. The number of unbranched alkanes of at least 4 members (excludes halogenated alkanes) is 3. The summed E-state index contributed by atoms with van der Waals surface area (Å²) in [5.74, 6) is 0.578. The third-order valence-electron chi connectivity index (χ3n) is 5.62. The lowest BCUT2D eigenvalue weighted by Crippen LogP contribution is -2.02. The zero-order chi connectivity index (χ0) is 22.5. The molecule has 0 unspecified atom stereocenters. The van der Waals surface area contributed by atoms with Crippen LogP contribution in [0.1, 0.15) is 56.3 Å². The zero-order valence-corrected chi connectivity index (χ0v) is 19.8. The summed E-state index contributed by atoms with van der Waals surface area (Å²) < 4.78 is 8.31. The summed E-state index contributed by atoms with van der Waals surface area (Å²) in [7, 11) is 1.40. The van der Waals surface area contributed by atoms with Gasteiger partial charge in [-0.3, -0.25) is 0 Å². The highest BCUT2D eigenvalue weighted by molar-refractivity contribution is 7.22. The average Bonchev–Trinajstić information content (AvgIpc) is 3.39. The smallest absolute Gasteiger partial charge is 0.337 e. The number of nitrogens with zero attached hydrogens (tertiary/aromatic N) is 3. The van der Waals surface area contributed by atoms with Gasteiger partial charge in [-0.2, -0.15) is 0 Å². The number of methoxy groups -OCH3 is 1. The van der Waals surface area contributed by atoms with Crippen molar-refractivity contribution in [2.75, 3.05) is 19.0 Å². The molecule has 0 aliphatic heterocycles. The quantitative estimate of drug-likeness (QED) is 0.220. The van der Waals surface area contributed by atoms with E-state index in [-0.39, 0.29) is 5.97 Å². The van der Waals surface area contributed by atoms with E-state index in [1.54, 1.807) is 11.3 Å². The fourth-order valence-electron chi connectivity index (χ4n) is 3.90. The fourth-order valence-corrected chi connectivity index (χ4v) is 4.90. The first-order valence-electron chi connectivity index (χ1n) is 11.4. The standard InChI is InChI=1S/C25H30N4O2S/c1-4-6-8-15-29-21-13-12-17(24(30)31-3)16-20(21)27-23(29)18-10-9-11-19-22(18)32-25(28-19)26-14-7-5-2/h9-13,16H,4-8,14-15H2,1-3H3,(H,26,28). The highest BCUT2D eigenvalue weighted by Gasteiger charge is 2.18. The van der Waals surface area contributed by atoms with Gasteiger partial charge in [0.2, 0.25) is 0 Å². The highest BCUT2D eigenvalue weighted by atomic mass is 32.1. The van der Waals surface area contributed by atoms with Crippen LogP contribution in [0.25, 0.3) is 32.6 Å². The van der Waals surface area contributed by atoms with Crippen LogP contribution in [0.5, 0.6) is 0 Å². The van der Waals surface area contributed by atoms with Gasteiger partial charge >= 0.3 is 5.97 Å². The Morgan fingerprint density at radius 2 is 1.91 bits per heavy atom. The van der Waals surface area contributed by atoms with E-state index < -0.39 is 0 Å². The zero-order valence-electron chi connectivity index (χ0n) is 19.0. The van der Waals surface area contributed by atoms with Crippen LogP contribution in [-0.4, -0.2) is 34.2 Å². The van der Waals surface area contributed by atoms with Gasteiger partial charge in [-0.05, 0) is 43.2 Å². The van der Waals surface area contributed by atoms with E-state index in [1.807, 2.05) is 24.3 Å². The number of aromatic nitrogens is 3. The maximum absolute atomic E-state index is 12.0. The van der Waals surface area contributed by atoms with Gasteiger partial charge in [0.15, 0.2) is 5.13 Å². The minimum absolute atomic E-state index is 0.346. The number of fused-ring (bicyclic) bond motifs is 2. The predicted molar refractivity (Wildman–Crippen MR) is 133 cm³/mol. The van der Waals surface area contributed by atoms with Gasteiger partial charge in [-0.1, -0.05) is 50.5 Å². The summed E-state index contributed by atoms with van der Waals surface area (Å²) in [6.07, 6.45) is 5.68. The van der Waals surface area contributed by atoms with Gasteiger partial charge < -0.3 is 14.6 Å². The molecule has 0 aliphatic carbocycles. The van der Waals surface area contributed by atoms with Crippen LogP contribution in [0.2, 0.25) is 0 Å². The van der Waals surface area contributed by atoms with Crippen molar-refractivity contribution in [2.45, 2.75) is 52.5 Å². The largest absolute Gasteiger partial charge is 0.465 e. The molecule has 2 heterocycles. The van der Waals surface area contributed by atoms with Crippen LogP contribution in [0.3, 0.4) is 0 Å². The molecule has 4 aromatic rings. The third-order valence-corrected chi connectivity index (χ3v) is 6.68. The first kappa shape index (κ1) is 22.3. The lowest BCUT2D eigenvalue weighted by molar-refractivity contribution is 0.0601. The van der Waals surface area contributed by atoms with Crippen molar-refractivity contribution in [1.29, 1.82) is 0 Å². The number of carbonyl (C=O) groups excluding carboxylic acids is 1. The van der Waals surface area contributed by atoms with E-state index in [1.165, 1.54) is 7.11 Å². The molecule has 0 saturated carbocycles. The number of aryl methyl sites for hydroxylation is 1. The molecule has 2 aromatic heterocycles. The second kappa shape index (κ2) is 10.1. The van der Waals surface area contributed by atoms with Crippen LogP contribution < -0.4 is 5.32 Å². The molecule has 0 radical (unpaired) electrons. The number of hydrogen-bond acceptors (Lipinski definition) is 6. The maximum atomic E-state index is 12.0.